The van der Waals surface area contributed by atoms with E-state index >= 15 is 0 Å². The highest BCUT2D eigenvalue weighted by molar-refractivity contribution is 5.29. The molecule has 1 aromatic carbocycles. The third kappa shape index (κ3) is 4.93. The Labute approximate surface area is 145 Å². The topological polar surface area (TPSA) is 45.2 Å². The maximum Gasteiger partial charge on any atom is 0.119 e. The summed E-state index contributed by atoms with van der Waals surface area (Å²) in [5.74, 6) is 1.59. The molecule has 0 radical (unpaired) electrons. The first kappa shape index (κ1) is 17.7. The molecule has 1 aromatic rings. The quantitative estimate of drug-likeness (QED) is 0.859. The minimum atomic E-state index is -0.448. The lowest BCUT2D eigenvalue weighted by Crippen LogP contribution is -2.43. The van der Waals surface area contributed by atoms with E-state index in [4.69, 9.17) is 9.47 Å². The summed E-state index contributed by atoms with van der Waals surface area (Å²) in [6.45, 7) is 7.99. The third-order valence-corrected chi connectivity index (χ3v) is 5.24. The minimum Gasteiger partial charge on any atom is -0.497 e. The molecule has 0 spiro atoms. The number of rotatable bonds is 6. The molecule has 2 aliphatic rings. The third-order valence-electron chi connectivity index (χ3n) is 5.24. The van der Waals surface area contributed by atoms with Gasteiger partial charge in [-0.1, -0.05) is 12.1 Å². The molecule has 0 saturated carbocycles. The summed E-state index contributed by atoms with van der Waals surface area (Å²) in [6.07, 6.45) is 2.00. The van der Waals surface area contributed by atoms with E-state index in [2.05, 4.69) is 9.80 Å². The largest absolute Gasteiger partial charge is 0.497 e. The van der Waals surface area contributed by atoms with Crippen molar-refractivity contribution in [2.45, 2.75) is 18.9 Å². The number of hydrogen-bond acceptors (Lipinski definition) is 5. The predicted octanol–water partition coefficient (Wildman–Crippen LogP) is 1.77. The normalized spacial score (nSPS) is 22.4. The zero-order chi connectivity index (χ0) is 16.8. The van der Waals surface area contributed by atoms with Crippen molar-refractivity contribution in [2.24, 2.45) is 5.92 Å². The van der Waals surface area contributed by atoms with Gasteiger partial charge in [0.1, 0.15) is 5.75 Å². The lowest BCUT2D eigenvalue weighted by molar-refractivity contribution is 0.0217. The average molecular weight is 334 g/mol. The monoisotopic (exact) mass is 334 g/mol. The maximum absolute atomic E-state index is 10.5. The number of hydrogen-bond donors (Lipinski definition) is 1. The van der Waals surface area contributed by atoms with Gasteiger partial charge in [-0.25, -0.2) is 0 Å². The summed E-state index contributed by atoms with van der Waals surface area (Å²) >= 11 is 0. The molecule has 3 rings (SSSR count). The summed E-state index contributed by atoms with van der Waals surface area (Å²) in [4.78, 5) is 4.93. The number of methoxy groups -OCH3 is 1. The molecule has 0 amide bonds. The number of aliphatic hydroxyl groups excluding tert-OH is 1. The van der Waals surface area contributed by atoms with E-state index in [-0.39, 0.29) is 0 Å². The van der Waals surface area contributed by atoms with E-state index in [0.29, 0.717) is 6.54 Å². The van der Waals surface area contributed by atoms with E-state index in [9.17, 15) is 5.11 Å². The lowest BCUT2D eigenvalue weighted by Gasteiger charge is -2.36. The van der Waals surface area contributed by atoms with Gasteiger partial charge in [0.15, 0.2) is 0 Å². The van der Waals surface area contributed by atoms with Gasteiger partial charge < -0.3 is 19.5 Å². The van der Waals surface area contributed by atoms with E-state index < -0.39 is 6.10 Å². The number of likely N-dealkylation sites (tertiary alicyclic amines) is 1. The molecule has 2 aliphatic heterocycles. The van der Waals surface area contributed by atoms with Crippen molar-refractivity contribution in [2.75, 3.05) is 59.6 Å². The predicted molar refractivity (Wildman–Crippen MR) is 94.4 cm³/mol. The number of nitrogens with zero attached hydrogens (tertiary/aromatic N) is 2. The van der Waals surface area contributed by atoms with Crippen LogP contribution >= 0.6 is 0 Å². The zero-order valence-corrected chi connectivity index (χ0v) is 14.7. The van der Waals surface area contributed by atoms with Gasteiger partial charge in [0.05, 0.1) is 26.4 Å². The molecule has 0 aliphatic carbocycles. The summed E-state index contributed by atoms with van der Waals surface area (Å²) in [5, 5.41) is 10.5. The van der Waals surface area contributed by atoms with Gasteiger partial charge in [0.2, 0.25) is 0 Å². The zero-order valence-electron chi connectivity index (χ0n) is 14.7. The highest BCUT2D eigenvalue weighted by atomic mass is 16.5. The molecule has 0 bridgehead atoms. The summed E-state index contributed by atoms with van der Waals surface area (Å²) < 4.78 is 10.7. The van der Waals surface area contributed by atoms with Crippen molar-refractivity contribution in [1.82, 2.24) is 9.80 Å². The number of piperidine rings is 1. The molecule has 1 atom stereocenters. The maximum atomic E-state index is 10.5. The average Bonchev–Trinajstić information content (AvgIpc) is 2.64. The molecule has 5 heteroatoms. The molecule has 2 fully saturated rings. The van der Waals surface area contributed by atoms with Crippen LogP contribution in [-0.2, 0) is 4.74 Å². The first-order chi connectivity index (χ1) is 11.7. The molecular weight excluding hydrogens is 304 g/mol. The minimum absolute atomic E-state index is 0.448. The Morgan fingerprint density at radius 3 is 2.62 bits per heavy atom. The van der Waals surface area contributed by atoms with E-state index in [1.165, 1.54) is 19.4 Å². The molecule has 2 saturated heterocycles. The van der Waals surface area contributed by atoms with Crippen LogP contribution in [0.1, 0.15) is 24.5 Å². The van der Waals surface area contributed by atoms with Crippen molar-refractivity contribution >= 4 is 0 Å². The SMILES string of the molecule is COc1cccc(C(O)CN2CCC(CN3CCOCC3)CC2)c1. The van der Waals surface area contributed by atoms with Crippen molar-refractivity contribution in [3.63, 3.8) is 0 Å². The summed E-state index contributed by atoms with van der Waals surface area (Å²) in [7, 11) is 1.66. The van der Waals surface area contributed by atoms with Crippen LogP contribution in [0.25, 0.3) is 0 Å². The Bertz CT molecular complexity index is 497. The number of aliphatic hydroxyl groups is 1. The second-order valence-electron chi connectivity index (χ2n) is 6.95. The van der Waals surface area contributed by atoms with Crippen molar-refractivity contribution in [3.8, 4) is 5.75 Å². The van der Waals surface area contributed by atoms with Crippen LogP contribution in [0.4, 0.5) is 0 Å². The Balaban J connectivity index is 1.42. The van der Waals surface area contributed by atoms with Gasteiger partial charge in [-0.15, -0.1) is 0 Å². The Morgan fingerprint density at radius 2 is 1.92 bits per heavy atom. The van der Waals surface area contributed by atoms with Gasteiger partial charge in [-0.3, -0.25) is 4.90 Å². The summed E-state index contributed by atoms with van der Waals surface area (Å²) in [6, 6.07) is 7.74. The molecule has 24 heavy (non-hydrogen) atoms. The first-order valence-corrected chi connectivity index (χ1v) is 9.09. The summed E-state index contributed by atoms with van der Waals surface area (Å²) in [5.41, 5.74) is 0.935. The highest BCUT2D eigenvalue weighted by Crippen LogP contribution is 2.23. The molecule has 134 valence electrons. The van der Waals surface area contributed by atoms with Crippen molar-refractivity contribution in [3.05, 3.63) is 29.8 Å². The second kappa shape index (κ2) is 8.81. The van der Waals surface area contributed by atoms with Gasteiger partial charge in [0, 0.05) is 26.2 Å². The van der Waals surface area contributed by atoms with E-state index in [1.54, 1.807) is 7.11 Å². The number of ether oxygens (including phenoxy) is 2. The Kier molecular flexibility index (Phi) is 6.49. The molecule has 0 aromatic heterocycles. The van der Waals surface area contributed by atoms with Crippen LogP contribution in [0.2, 0.25) is 0 Å². The number of morpholine rings is 1. The Hall–Kier alpha value is -1.14. The molecule has 2 heterocycles. The Morgan fingerprint density at radius 1 is 1.17 bits per heavy atom. The van der Waals surface area contributed by atoms with E-state index in [0.717, 1.165) is 56.6 Å². The van der Waals surface area contributed by atoms with Crippen molar-refractivity contribution in [1.29, 1.82) is 0 Å². The first-order valence-electron chi connectivity index (χ1n) is 9.09. The highest BCUT2D eigenvalue weighted by Gasteiger charge is 2.24. The van der Waals surface area contributed by atoms with Crippen LogP contribution in [0.5, 0.6) is 5.75 Å². The standard InChI is InChI=1S/C19H30N2O3/c1-23-18-4-2-3-17(13-18)19(22)15-20-7-5-16(6-8-20)14-21-9-11-24-12-10-21/h2-4,13,16,19,22H,5-12,14-15H2,1H3. The van der Waals surface area contributed by atoms with Crippen molar-refractivity contribution < 1.29 is 14.6 Å². The molecule has 1 N–H and O–H groups in total. The fraction of sp³-hybridized carbons (Fsp3) is 0.684. The second-order valence-corrected chi connectivity index (χ2v) is 6.95. The van der Waals surface area contributed by atoms with Gasteiger partial charge in [-0.05, 0) is 49.5 Å². The van der Waals surface area contributed by atoms with Crippen LogP contribution in [0.3, 0.4) is 0 Å². The fourth-order valence-electron chi connectivity index (χ4n) is 3.70. The van der Waals surface area contributed by atoms with Crippen LogP contribution in [0, 0.1) is 5.92 Å². The van der Waals surface area contributed by atoms with Crippen LogP contribution in [-0.4, -0.2) is 74.5 Å². The van der Waals surface area contributed by atoms with Gasteiger partial charge in [-0.2, -0.15) is 0 Å². The lowest BCUT2D eigenvalue weighted by atomic mass is 9.95. The number of benzene rings is 1. The molecular formula is C19H30N2O3. The van der Waals surface area contributed by atoms with Crippen LogP contribution in [0.15, 0.2) is 24.3 Å². The molecule has 5 nitrogen and oxygen atoms in total. The van der Waals surface area contributed by atoms with Gasteiger partial charge in [0.25, 0.3) is 0 Å². The smallest absolute Gasteiger partial charge is 0.119 e. The number of β-amino-alcohol motifs (C(OH)–C–C–N with tert-alkyl or cyclic N) is 1. The fourth-order valence-corrected chi connectivity index (χ4v) is 3.70. The van der Waals surface area contributed by atoms with E-state index in [1.807, 2.05) is 24.3 Å². The van der Waals surface area contributed by atoms with Crippen LogP contribution < -0.4 is 4.74 Å². The molecule has 1 unspecified atom stereocenters. The van der Waals surface area contributed by atoms with Gasteiger partial charge >= 0.3 is 0 Å².